The molecule has 6 nitrogen and oxygen atoms in total. The van der Waals surface area contributed by atoms with Crippen molar-refractivity contribution in [2.45, 2.75) is 45.7 Å². The lowest BCUT2D eigenvalue weighted by atomic mass is 9.99. The molecule has 2 aromatic heterocycles. The van der Waals surface area contributed by atoms with Crippen LogP contribution in [0.25, 0.3) is 0 Å². The second-order valence-electron chi connectivity index (χ2n) is 5.50. The lowest BCUT2D eigenvalue weighted by Gasteiger charge is -2.11. The SMILES string of the molecule is CCC(CC)c1cc(CNC(=NC)NCCn2cccc2)on1. The van der Waals surface area contributed by atoms with Crippen molar-refractivity contribution in [3.63, 3.8) is 0 Å². The zero-order valence-corrected chi connectivity index (χ0v) is 14.2. The van der Waals surface area contributed by atoms with Crippen molar-refractivity contribution >= 4 is 5.96 Å². The molecule has 0 saturated heterocycles. The van der Waals surface area contributed by atoms with Crippen molar-refractivity contribution in [1.82, 2.24) is 20.4 Å². The standard InChI is InChI=1S/C17H27N5O/c1-4-14(5-2)16-12-15(23-21-16)13-20-17(18-3)19-8-11-22-9-6-7-10-22/h6-7,9-10,12,14H,4-5,8,11,13H2,1-3H3,(H2,18,19,20). The molecule has 0 amide bonds. The normalized spacial score (nSPS) is 11.9. The van der Waals surface area contributed by atoms with E-state index in [4.69, 9.17) is 4.52 Å². The molecule has 2 N–H and O–H groups in total. The summed E-state index contributed by atoms with van der Waals surface area (Å²) in [5, 5.41) is 10.7. The molecule has 0 radical (unpaired) electrons. The first kappa shape index (κ1) is 17.1. The van der Waals surface area contributed by atoms with Gasteiger partial charge in [-0.25, -0.2) is 0 Å². The predicted molar refractivity (Wildman–Crippen MR) is 92.5 cm³/mol. The minimum absolute atomic E-state index is 0.478. The van der Waals surface area contributed by atoms with Gasteiger partial charge in [0.2, 0.25) is 0 Å². The van der Waals surface area contributed by atoms with Crippen LogP contribution in [0.2, 0.25) is 0 Å². The fourth-order valence-electron chi connectivity index (χ4n) is 2.53. The summed E-state index contributed by atoms with van der Waals surface area (Å²) in [6.07, 6.45) is 6.26. The highest BCUT2D eigenvalue weighted by atomic mass is 16.5. The largest absolute Gasteiger partial charge is 0.359 e. The smallest absolute Gasteiger partial charge is 0.191 e. The van der Waals surface area contributed by atoms with Gasteiger partial charge in [-0.15, -0.1) is 0 Å². The van der Waals surface area contributed by atoms with E-state index in [1.165, 1.54) is 0 Å². The van der Waals surface area contributed by atoms with Gasteiger partial charge in [0.1, 0.15) is 0 Å². The Morgan fingerprint density at radius 2 is 2.00 bits per heavy atom. The average molecular weight is 317 g/mol. The summed E-state index contributed by atoms with van der Waals surface area (Å²) in [7, 11) is 1.76. The summed E-state index contributed by atoms with van der Waals surface area (Å²) in [4.78, 5) is 4.22. The molecule has 0 aromatic carbocycles. The van der Waals surface area contributed by atoms with E-state index in [0.717, 1.165) is 43.3 Å². The van der Waals surface area contributed by atoms with Crippen LogP contribution in [0.1, 0.15) is 44.1 Å². The minimum Gasteiger partial charge on any atom is -0.359 e. The van der Waals surface area contributed by atoms with Gasteiger partial charge in [0, 0.05) is 44.5 Å². The van der Waals surface area contributed by atoms with Gasteiger partial charge in [0.05, 0.1) is 12.2 Å². The zero-order valence-electron chi connectivity index (χ0n) is 14.2. The van der Waals surface area contributed by atoms with Crippen LogP contribution in [-0.2, 0) is 13.1 Å². The number of nitrogens with zero attached hydrogens (tertiary/aromatic N) is 3. The Hall–Kier alpha value is -2.24. The number of hydrogen-bond donors (Lipinski definition) is 2. The van der Waals surface area contributed by atoms with E-state index in [0.29, 0.717) is 12.5 Å². The molecule has 0 aliphatic carbocycles. The molecule has 2 rings (SSSR count). The number of nitrogens with one attached hydrogen (secondary N) is 2. The maximum absolute atomic E-state index is 5.41. The summed E-state index contributed by atoms with van der Waals surface area (Å²) in [6.45, 7) is 6.64. The highest BCUT2D eigenvalue weighted by molar-refractivity contribution is 5.79. The summed E-state index contributed by atoms with van der Waals surface area (Å²) in [5.41, 5.74) is 1.04. The van der Waals surface area contributed by atoms with Crippen molar-refractivity contribution in [3.05, 3.63) is 42.0 Å². The molecule has 0 atom stereocenters. The quantitative estimate of drug-likeness (QED) is 0.580. The molecule has 0 unspecified atom stereocenters. The monoisotopic (exact) mass is 317 g/mol. The predicted octanol–water partition coefficient (Wildman–Crippen LogP) is 2.74. The molecular formula is C17H27N5O. The van der Waals surface area contributed by atoms with E-state index >= 15 is 0 Å². The Balaban J connectivity index is 1.76. The number of rotatable bonds is 8. The molecule has 2 heterocycles. The third kappa shape index (κ3) is 5.16. The minimum atomic E-state index is 0.478. The Morgan fingerprint density at radius 3 is 2.65 bits per heavy atom. The van der Waals surface area contributed by atoms with Crippen LogP contribution >= 0.6 is 0 Å². The van der Waals surface area contributed by atoms with Gasteiger partial charge in [-0.1, -0.05) is 19.0 Å². The first-order valence-corrected chi connectivity index (χ1v) is 8.27. The molecular weight excluding hydrogens is 290 g/mol. The second-order valence-corrected chi connectivity index (χ2v) is 5.50. The highest BCUT2D eigenvalue weighted by Gasteiger charge is 2.13. The van der Waals surface area contributed by atoms with E-state index in [1.54, 1.807) is 7.05 Å². The third-order valence-corrected chi connectivity index (χ3v) is 3.96. The molecule has 0 fully saturated rings. The molecule has 23 heavy (non-hydrogen) atoms. The Labute approximate surface area is 138 Å². The van der Waals surface area contributed by atoms with Crippen LogP contribution < -0.4 is 10.6 Å². The molecule has 0 bridgehead atoms. The van der Waals surface area contributed by atoms with Crippen LogP contribution in [0.4, 0.5) is 0 Å². The van der Waals surface area contributed by atoms with Crippen LogP contribution in [0.15, 0.2) is 40.1 Å². The second kappa shape index (κ2) is 9.02. The van der Waals surface area contributed by atoms with E-state index in [2.05, 4.69) is 39.2 Å². The molecule has 2 aromatic rings. The van der Waals surface area contributed by atoms with Gasteiger partial charge >= 0.3 is 0 Å². The topological polar surface area (TPSA) is 67.4 Å². The highest BCUT2D eigenvalue weighted by Crippen LogP contribution is 2.22. The van der Waals surface area contributed by atoms with Crippen molar-refractivity contribution in [2.24, 2.45) is 4.99 Å². The average Bonchev–Trinajstić information content (AvgIpc) is 3.24. The maximum Gasteiger partial charge on any atom is 0.191 e. The molecule has 0 saturated carbocycles. The van der Waals surface area contributed by atoms with Crippen molar-refractivity contribution in [1.29, 1.82) is 0 Å². The first-order valence-electron chi connectivity index (χ1n) is 8.27. The van der Waals surface area contributed by atoms with Crippen LogP contribution in [-0.4, -0.2) is 29.3 Å². The van der Waals surface area contributed by atoms with Crippen LogP contribution in [0.5, 0.6) is 0 Å². The van der Waals surface area contributed by atoms with Crippen LogP contribution in [0.3, 0.4) is 0 Å². The Kier molecular flexibility index (Phi) is 6.72. The van der Waals surface area contributed by atoms with Crippen molar-refractivity contribution < 1.29 is 4.52 Å². The molecule has 0 aliphatic heterocycles. The zero-order chi connectivity index (χ0) is 16.5. The van der Waals surface area contributed by atoms with Crippen molar-refractivity contribution in [2.75, 3.05) is 13.6 Å². The molecule has 0 spiro atoms. The summed E-state index contributed by atoms with van der Waals surface area (Å²) in [5.74, 6) is 2.07. The fraction of sp³-hybridized carbons (Fsp3) is 0.529. The maximum atomic E-state index is 5.41. The summed E-state index contributed by atoms with van der Waals surface area (Å²) < 4.78 is 7.53. The van der Waals surface area contributed by atoms with Gasteiger partial charge in [0.15, 0.2) is 11.7 Å². The van der Waals surface area contributed by atoms with E-state index in [9.17, 15) is 0 Å². The van der Waals surface area contributed by atoms with E-state index in [-0.39, 0.29) is 0 Å². The van der Waals surface area contributed by atoms with Gasteiger partial charge < -0.3 is 19.7 Å². The number of guanidine groups is 1. The van der Waals surface area contributed by atoms with E-state index < -0.39 is 0 Å². The lowest BCUT2D eigenvalue weighted by Crippen LogP contribution is -2.38. The third-order valence-electron chi connectivity index (χ3n) is 3.96. The van der Waals surface area contributed by atoms with Gasteiger partial charge in [0.25, 0.3) is 0 Å². The van der Waals surface area contributed by atoms with Gasteiger partial charge in [-0.2, -0.15) is 0 Å². The Bertz CT molecular complexity index is 584. The van der Waals surface area contributed by atoms with E-state index in [1.807, 2.05) is 30.6 Å². The Morgan fingerprint density at radius 1 is 1.26 bits per heavy atom. The lowest BCUT2D eigenvalue weighted by molar-refractivity contribution is 0.368. The number of aliphatic imine (C=N–C) groups is 1. The first-order chi connectivity index (χ1) is 11.3. The fourth-order valence-corrected chi connectivity index (χ4v) is 2.53. The number of aromatic nitrogens is 2. The van der Waals surface area contributed by atoms with Crippen LogP contribution in [0, 0.1) is 0 Å². The summed E-state index contributed by atoms with van der Waals surface area (Å²) >= 11 is 0. The summed E-state index contributed by atoms with van der Waals surface area (Å²) in [6, 6.07) is 6.08. The van der Waals surface area contributed by atoms with Crippen molar-refractivity contribution in [3.8, 4) is 0 Å². The molecule has 126 valence electrons. The molecule has 6 heteroatoms. The number of hydrogen-bond acceptors (Lipinski definition) is 3. The van der Waals surface area contributed by atoms with Gasteiger partial charge in [-0.05, 0) is 25.0 Å². The molecule has 0 aliphatic rings. The van der Waals surface area contributed by atoms with Gasteiger partial charge in [-0.3, -0.25) is 4.99 Å².